The molecule has 5 atom stereocenters. The summed E-state index contributed by atoms with van der Waals surface area (Å²) in [7, 11) is 0. The average Bonchev–Trinajstić information content (AvgIpc) is 3.10. The quantitative estimate of drug-likeness (QED) is 0.344. The number of aliphatic hydroxyl groups excluding tert-OH is 2. The lowest BCUT2D eigenvalue weighted by Gasteiger charge is -2.48. The van der Waals surface area contributed by atoms with E-state index in [4.69, 9.17) is 4.74 Å². The second-order valence-electron chi connectivity index (χ2n) is 12.8. The number of rotatable bonds is 10. The third kappa shape index (κ3) is 6.55. The fraction of sp³-hybridized carbons (Fsp3) is 0.867. The van der Waals surface area contributed by atoms with Gasteiger partial charge >= 0.3 is 0 Å². The van der Waals surface area contributed by atoms with Gasteiger partial charge in [-0.05, 0) is 86.9 Å². The van der Waals surface area contributed by atoms with Gasteiger partial charge in [-0.1, -0.05) is 70.8 Å². The maximum Gasteiger partial charge on any atom is 0.0880 e. The summed E-state index contributed by atoms with van der Waals surface area (Å²) in [6.07, 6.45) is 15.3. The maximum atomic E-state index is 11.0. The number of ether oxygens (including phenoxy) is 1. The third-order valence-corrected chi connectivity index (χ3v) is 9.26. The van der Waals surface area contributed by atoms with Crippen molar-refractivity contribution in [3.63, 3.8) is 0 Å². The Morgan fingerprint density at radius 2 is 1.65 bits per heavy atom. The van der Waals surface area contributed by atoms with Gasteiger partial charge in [0.15, 0.2) is 0 Å². The predicted octanol–water partition coefficient (Wildman–Crippen LogP) is 6.34. The molecule has 0 aromatic heterocycles. The highest BCUT2D eigenvalue weighted by atomic mass is 16.5. The van der Waals surface area contributed by atoms with E-state index in [1.54, 1.807) is 5.57 Å². The number of aliphatic hydroxyl groups is 3. The first-order valence-corrected chi connectivity index (χ1v) is 14.1. The number of hydrogen-bond acceptors (Lipinski definition) is 4. The molecule has 3 N–H and O–H groups in total. The van der Waals surface area contributed by atoms with E-state index in [0.29, 0.717) is 44.3 Å². The van der Waals surface area contributed by atoms with Crippen LogP contribution in [0, 0.1) is 22.7 Å². The van der Waals surface area contributed by atoms with Gasteiger partial charge < -0.3 is 20.1 Å². The first-order valence-electron chi connectivity index (χ1n) is 14.1. The Labute approximate surface area is 208 Å². The van der Waals surface area contributed by atoms with E-state index in [9.17, 15) is 15.3 Å². The number of allylic oxidation sites excluding steroid dienone is 3. The lowest BCUT2D eigenvalue weighted by atomic mass is 9.58. The molecule has 4 heteroatoms. The summed E-state index contributed by atoms with van der Waals surface area (Å²) in [6.45, 7) is 12.7. The zero-order valence-corrected chi connectivity index (χ0v) is 22.6. The van der Waals surface area contributed by atoms with Crippen molar-refractivity contribution in [2.45, 2.75) is 129 Å². The van der Waals surface area contributed by atoms with Gasteiger partial charge in [0.25, 0.3) is 0 Å². The van der Waals surface area contributed by atoms with E-state index in [1.807, 2.05) is 0 Å². The molecule has 0 aromatic carbocycles. The Balaban J connectivity index is 1.67. The van der Waals surface area contributed by atoms with E-state index >= 15 is 0 Å². The number of fused-ring (bicyclic) bond motifs is 1. The van der Waals surface area contributed by atoms with Crippen LogP contribution in [0.25, 0.3) is 0 Å². The van der Waals surface area contributed by atoms with Gasteiger partial charge in [-0.2, -0.15) is 0 Å². The van der Waals surface area contributed by atoms with Crippen molar-refractivity contribution >= 4 is 0 Å². The summed E-state index contributed by atoms with van der Waals surface area (Å²) in [5, 5.41) is 31.0. The van der Waals surface area contributed by atoms with Gasteiger partial charge in [0.2, 0.25) is 0 Å². The van der Waals surface area contributed by atoms with Crippen LogP contribution >= 0.6 is 0 Å². The van der Waals surface area contributed by atoms with E-state index in [-0.39, 0.29) is 10.8 Å². The maximum absolute atomic E-state index is 11.0. The summed E-state index contributed by atoms with van der Waals surface area (Å²) in [4.78, 5) is 0. The zero-order chi connectivity index (χ0) is 25.0. The van der Waals surface area contributed by atoms with Gasteiger partial charge in [-0.3, -0.25) is 0 Å². The molecule has 196 valence electrons. The molecule has 0 radical (unpaired) electrons. The third-order valence-electron chi connectivity index (χ3n) is 9.26. The fourth-order valence-corrected chi connectivity index (χ4v) is 7.86. The minimum absolute atomic E-state index is 0.0708. The monoisotopic (exact) mass is 476 g/mol. The Morgan fingerprint density at radius 3 is 2.26 bits per heavy atom. The van der Waals surface area contributed by atoms with Crippen molar-refractivity contribution in [2.24, 2.45) is 22.7 Å². The van der Waals surface area contributed by atoms with Crippen LogP contribution in [-0.2, 0) is 4.74 Å². The van der Waals surface area contributed by atoms with Crippen LogP contribution in [0.3, 0.4) is 0 Å². The molecule has 0 spiro atoms. The highest BCUT2D eigenvalue weighted by Crippen LogP contribution is 2.62. The summed E-state index contributed by atoms with van der Waals surface area (Å²) in [5.41, 5.74) is 2.41. The molecular formula is C30H52O4. The van der Waals surface area contributed by atoms with Crippen molar-refractivity contribution < 1.29 is 20.1 Å². The Kier molecular flexibility index (Phi) is 9.50. The molecule has 0 saturated heterocycles. The van der Waals surface area contributed by atoms with Crippen LogP contribution in [0.2, 0.25) is 0 Å². The topological polar surface area (TPSA) is 69.9 Å². The van der Waals surface area contributed by atoms with Crippen LogP contribution in [0.4, 0.5) is 0 Å². The second kappa shape index (κ2) is 11.6. The molecule has 3 saturated carbocycles. The Bertz CT molecular complexity index is 705. The lowest BCUT2D eigenvalue weighted by molar-refractivity contribution is -0.0903. The molecule has 3 rings (SSSR count). The normalized spacial score (nSPS) is 33.9. The predicted molar refractivity (Wildman–Crippen MR) is 140 cm³/mol. The molecular weight excluding hydrogens is 424 g/mol. The summed E-state index contributed by atoms with van der Waals surface area (Å²) >= 11 is 0. The summed E-state index contributed by atoms with van der Waals surface area (Å²) in [5.74, 6) is 1.21. The van der Waals surface area contributed by atoms with Gasteiger partial charge in [-0.25, -0.2) is 0 Å². The van der Waals surface area contributed by atoms with Gasteiger partial charge in [0.05, 0.1) is 31.0 Å². The molecule has 0 heterocycles. The number of hydrogen-bond donors (Lipinski definition) is 3. The molecule has 3 fully saturated rings. The van der Waals surface area contributed by atoms with Crippen LogP contribution in [0.1, 0.15) is 112 Å². The second-order valence-corrected chi connectivity index (χ2v) is 12.8. The Morgan fingerprint density at radius 1 is 1.00 bits per heavy atom. The van der Waals surface area contributed by atoms with Gasteiger partial charge in [-0.15, -0.1) is 0 Å². The summed E-state index contributed by atoms with van der Waals surface area (Å²) < 4.78 is 6.26. The van der Waals surface area contributed by atoms with Crippen molar-refractivity contribution in [3.05, 3.63) is 23.3 Å². The van der Waals surface area contributed by atoms with Crippen molar-refractivity contribution in [2.75, 3.05) is 13.2 Å². The van der Waals surface area contributed by atoms with E-state index in [0.717, 1.165) is 25.7 Å². The van der Waals surface area contributed by atoms with E-state index in [1.165, 1.54) is 37.7 Å². The zero-order valence-electron chi connectivity index (χ0n) is 22.6. The first kappa shape index (κ1) is 27.9. The molecule has 0 unspecified atom stereocenters. The molecule has 0 bridgehead atoms. The highest BCUT2D eigenvalue weighted by Gasteiger charge is 2.54. The first-order chi connectivity index (χ1) is 16.0. The van der Waals surface area contributed by atoms with Crippen LogP contribution in [0.5, 0.6) is 0 Å². The van der Waals surface area contributed by atoms with Crippen molar-refractivity contribution in [3.8, 4) is 0 Å². The SMILES string of the molecule is CCCC(O)(CCC)COCC(C)(C)[C@H]1CC[C@H]2/C(=C/C=C3C[C@@H](O)C[C@H](O)C3)CCC[C@]12C. The summed E-state index contributed by atoms with van der Waals surface area (Å²) in [6, 6.07) is 0. The molecule has 4 nitrogen and oxygen atoms in total. The highest BCUT2D eigenvalue weighted by molar-refractivity contribution is 5.26. The average molecular weight is 477 g/mol. The molecule has 34 heavy (non-hydrogen) atoms. The fourth-order valence-electron chi connectivity index (χ4n) is 7.86. The van der Waals surface area contributed by atoms with E-state index in [2.05, 4.69) is 46.8 Å². The lowest BCUT2D eigenvalue weighted by Crippen LogP contribution is -2.43. The van der Waals surface area contributed by atoms with Crippen molar-refractivity contribution in [1.82, 2.24) is 0 Å². The minimum Gasteiger partial charge on any atom is -0.393 e. The molecule has 0 amide bonds. The molecule has 3 aliphatic rings. The van der Waals surface area contributed by atoms with Gasteiger partial charge in [0, 0.05) is 0 Å². The minimum atomic E-state index is -0.684. The standard InChI is InChI=1S/C30H52O4/c1-6-14-30(33,15-7-2)21-34-20-28(3,4)27-13-12-26-23(9-8-16-29(26,27)5)11-10-22-17-24(31)19-25(32)18-22/h10-11,24-27,31-33H,6-9,12-21H2,1-5H3/b23-11+/t24-,25-,26+,27-,29+/m1/s1. The largest absolute Gasteiger partial charge is 0.393 e. The van der Waals surface area contributed by atoms with Crippen LogP contribution in [0.15, 0.2) is 23.3 Å². The molecule has 0 aliphatic heterocycles. The molecule has 0 aromatic rings. The van der Waals surface area contributed by atoms with Crippen molar-refractivity contribution in [1.29, 1.82) is 0 Å². The van der Waals surface area contributed by atoms with Gasteiger partial charge in [0.1, 0.15) is 0 Å². The van der Waals surface area contributed by atoms with Crippen LogP contribution in [-0.4, -0.2) is 46.3 Å². The Hall–Kier alpha value is -0.680. The van der Waals surface area contributed by atoms with E-state index < -0.39 is 17.8 Å². The smallest absolute Gasteiger partial charge is 0.0880 e. The van der Waals surface area contributed by atoms with Crippen LogP contribution < -0.4 is 0 Å². The molecule has 3 aliphatic carbocycles.